The highest BCUT2D eigenvalue weighted by molar-refractivity contribution is 9.10. The highest BCUT2D eigenvalue weighted by Crippen LogP contribution is 2.36. The van der Waals surface area contributed by atoms with Crippen molar-refractivity contribution < 1.29 is 4.74 Å². The number of hydrogen-bond acceptors (Lipinski definition) is 2. The molecular weight excluding hydrogens is 290 g/mol. The molecule has 1 saturated carbocycles. The van der Waals surface area contributed by atoms with Crippen LogP contribution < -0.4 is 10.1 Å². The Hall–Kier alpha value is -0.540. The average Bonchev–Trinajstić information content (AvgIpc) is 2.76. The first kappa shape index (κ1) is 13.9. The Bertz CT molecular complexity index is 375. The highest BCUT2D eigenvalue weighted by atomic mass is 79.9. The van der Waals surface area contributed by atoms with Crippen LogP contribution in [0.4, 0.5) is 0 Å². The van der Waals surface area contributed by atoms with E-state index >= 15 is 0 Å². The van der Waals surface area contributed by atoms with Crippen LogP contribution in [0.5, 0.6) is 5.75 Å². The van der Waals surface area contributed by atoms with Crippen molar-refractivity contribution in [3.8, 4) is 5.75 Å². The summed E-state index contributed by atoms with van der Waals surface area (Å²) in [6.45, 7) is 5.16. The molecule has 0 spiro atoms. The fourth-order valence-electron chi connectivity index (χ4n) is 2.59. The van der Waals surface area contributed by atoms with E-state index in [9.17, 15) is 0 Å². The van der Waals surface area contributed by atoms with Gasteiger partial charge in [-0.3, -0.25) is 0 Å². The van der Waals surface area contributed by atoms with E-state index in [0.717, 1.165) is 29.9 Å². The third kappa shape index (κ3) is 4.29. The molecule has 0 saturated heterocycles. The zero-order valence-corrected chi connectivity index (χ0v) is 12.6. The van der Waals surface area contributed by atoms with Crippen LogP contribution in [0.2, 0.25) is 0 Å². The van der Waals surface area contributed by atoms with Crippen molar-refractivity contribution in [2.45, 2.75) is 32.6 Å². The van der Waals surface area contributed by atoms with Gasteiger partial charge in [0.1, 0.15) is 12.4 Å². The van der Waals surface area contributed by atoms with Crippen LogP contribution in [0.1, 0.15) is 32.6 Å². The molecule has 0 bridgehead atoms. The lowest BCUT2D eigenvalue weighted by Gasteiger charge is -2.23. The zero-order chi connectivity index (χ0) is 12.8. The molecule has 18 heavy (non-hydrogen) atoms. The van der Waals surface area contributed by atoms with Crippen LogP contribution in [0, 0.1) is 5.41 Å². The molecule has 1 aliphatic rings. The molecule has 2 rings (SSSR count). The first-order chi connectivity index (χ1) is 8.68. The minimum absolute atomic E-state index is 0.524. The standard InChI is InChI=1S/C15H22BrNO/c1-15(7-2-3-8-15)12-17-9-10-18-14-6-4-5-13(16)11-14/h4-6,11,17H,2-3,7-10,12H2,1H3. The molecule has 0 aliphatic heterocycles. The first-order valence-electron chi connectivity index (χ1n) is 6.77. The molecule has 0 radical (unpaired) electrons. The number of hydrogen-bond donors (Lipinski definition) is 1. The molecule has 1 aromatic rings. The Morgan fingerprint density at radius 2 is 2.11 bits per heavy atom. The summed E-state index contributed by atoms with van der Waals surface area (Å²) in [6.07, 6.45) is 5.53. The number of nitrogens with one attached hydrogen (secondary N) is 1. The SMILES string of the molecule is CC1(CNCCOc2cccc(Br)c2)CCCC1. The van der Waals surface area contributed by atoms with Gasteiger partial charge in [0.15, 0.2) is 0 Å². The lowest BCUT2D eigenvalue weighted by Crippen LogP contribution is -2.32. The summed E-state index contributed by atoms with van der Waals surface area (Å²) in [5.41, 5.74) is 0.524. The van der Waals surface area contributed by atoms with Gasteiger partial charge < -0.3 is 10.1 Å². The van der Waals surface area contributed by atoms with Crippen molar-refractivity contribution in [2.75, 3.05) is 19.7 Å². The predicted molar refractivity (Wildman–Crippen MR) is 79.1 cm³/mol. The van der Waals surface area contributed by atoms with Gasteiger partial charge in [-0.2, -0.15) is 0 Å². The van der Waals surface area contributed by atoms with E-state index in [1.807, 2.05) is 24.3 Å². The van der Waals surface area contributed by atoms with Crippen molar-refractivity contribution >= 4 is 15.9 Å². The molecule has 0 aromatic heterocycles. The Labute approximate surface area is 118 Å². The van der Waals surface area contributed by atoms with Crippen LogP contribution in [0.15, 0.2) is 28.7 Å². The minimum Gasteiger partial charge on any atom is -0.492 e. The van der Waals surface area contributed by atoms with Gasteiger partial charge >= 0.3 is 0 Å². The largest absolute Gasteiger partial charge is 0.492 e. The maximum atomic E-state index is 5.69. The van der Waals surface area contributed by atoms with E-state index in [1.54, 1.807) is 0 Å². The van der Waals surface area contributed by atoms with Crippen molar-refractivity contribution in [1.82, 2.24) is 5.32 Å². The molecule has 0 unspecified atom stereocenters. The van der Waals surface area contributed by atoms with Crippen molar-refractivity contribution in [3.63, 3.8) is 0 Å². The van der Waals surface area contributed by atoms with Gasteiger partial charge in [-0.15, -0.1) is 0 Å². The quantitative estimate of drug-likeness (QED) is 0.802. The summed E-state index contributed by atoms with van der Waals surface area (Å²) in [5, 5.41) is 3.52. The van der Waals surface area contributed by atoms with Gasteiger partial charge in [0.2, 0.25) is 0 Å². The Balaban J connectivity index is 1.61. The maximum Gasteiger partial charge on any atom is 0.120 e. The van der Waals surface area contributed by atoms with E-state index in [0.29, 0.717) is 5.41 Å². The van der Waals surface area contributed by atoms with Gasteiger partial charge in [-0.1, -0.05) is 41.8 Å². The van der Waals surface area contributed by atoms with Gasteiger partial charge in [0.25, 0.3) is 0 Å². The topological polar surface area (TPSA) is 21.3 Å². The second kappa shape index (κ2) is 6.58. The monoisotopic (exact) mass is 311 g/mol. The first-order valence-corrected chi connectivity index (χ1v) is 7.56. The van der Waals surface area contributed by atoms with Crippen molar-refractivity contribution in [2.24, 2.45) is 5.41 Å². The van der Waals surface area contributed by atoms with E-state index in [2.05, 4.69) is 28.2 Å². The number of benzene rings is 1. The van der Waals surface area contributed by atoms with Gasteiger partial charge in [0.05, 0.1) is 0 Å². The fourth-order valence-corrected chi connectivity index (χ4v) is 2.97. The molecule has 1 N–H and O–H groups in total. The molecule has 3 heteroatoms. The Kier molecular flexibility index (Phi) is 5.07. The summed E-state index contributed by atoms with van der Waals surface area (Å²) >= 11 is 3.44. The van der Waals surface area contributed by atoms with Crippen molar-refractivity contribution in [3.05, 3.63) is 28.7 Å². The van der Waals surface area contributed by atoms with Gasteiger partial charge in [0, 0.05) is 17.6 Å². The van der Waals surface area contributed by atoms with E-state index in [4.69, 9.17) is 4.74 Å². The Morgan fingerprint density at radius 1 is 1.33 bits per heavy atom. The summed E-state index contributed by atoms with van der Waals surface area (Å²) in [7, 11) is 0. The van der Waals surface area contributed by atoms with Crippen LogP contribution in [-0.4, -0.2) is 19.7 Å². The normalized spacial score (nSPS) is 17.9. The molecule has 1 aliphatic carbocycles. The number of ether oxygens (including phenoxy) is 1. The molecule has 0 heterocycles. The smallest absolute Gasteiger partial charge is 0.120 e. The fraction of sp³-hybridized carbons (Fsp3) is 0.600. The predicted octanol–water partition coefficient (Wildman–Crippen LogP) is 4.00. The maximum absolute atomic E-state index is 5.69. The van der Waals surface area contributed by atoms with E-state index < -0.39 is 0 Å². The lowest BCUT2D eigenvalue weighted by atomic mass is 9.89. The molecule has 0 atom stereocenters. The summed E-state index contributed by atoms with van der Waals surface area (Å²) in [5.74, 6) is 0.929. The zero-order valence-electron chi connectivity index (χ0n) is 11.0. The third-order valence-electron chi connectivity index (χ3n) is 3.71. The van der Waals surface area contributed by atoms with Gasteiger partial charge in [-0.25, -0.2) is 0 Å². The minimum atomic E-state index is 0.524. The highest BCUT2D eigenvalue weighted by Gasteiger charge is 2.27. The third-order valence-corrected chi connectivity index (χ3v) is 4.20. The number of halogens is 1. The summed E-state index contributed by atoms with van der Waals surface area (Å²) < 4.78 is 6.75. The molecule has 1 aromatic carbocycles. The molecule has 0 amide bonds. The van der Waals surface area contributed by atoms with Gasteiger partial charge in [-0.05, 0) is 36.5 Å². The molecular formula is C15H22BrNO. The summed E-state index contributed by atoms with van der Waals surface area (Å²) in [6, 6.07) is 7.99. The Morgan fingerprint density at radius 3 is 2.83 bits per heavy atom. The van der Waals surface area contributed by atoms with E-state index in [-0.39, 0.29) is 0 Å². The van der Waals surface area contributed by atoms with E-state index in [1.165, 1.54) is 25.7 Å². The number of rotatable bonds is 6. The van der Waals surface area contributed by atoms with Crippen LogP contribution in [-0.2, 0) is 0 Å². The van der Waals surface area contributed by atoms with Crippen LogP contribution >= 0.6 is 15.9 Å². The molecule has 1 fully saturated rings. The molecule has 100 valence electrons. The van der Waals surface area contributed by atoms with Crippen LogP contribution in [0.3, 0.4) is 0 Å². The second-order valence-electron chi connectivity index (χ2n) is 5.50. The second-order valence-corrected chi connectivity index (χ2v) is 6.42. The molecule has 2 nitrogen and oxygen atoms in total. The summed E-state index contributed by atoms with van der Waals surface area (Å²) in [4.78, 5) is 0. The van der Waals surface area contributed by atoms with Crippen molar-refractivity contribution in [1.29, 1.82) is 0 Å². The lowest BCUT2D eigenvalue weighted by molar-refractivity contribution is 0.278. The average molecular weight is 312 g/mol. The van der Waals surface area contributed by atoms with Crippen LogP contribution in [0.25, 0.3) is 0 Å².